The average molecular weight is 375 g/mol. The molecule has 1 atom stereocenters. The predicted octanol–water partition coefficient (Wildman–Crippen LogP) is 0.375. The van der Waals surface area contributed by atoms with Crippen molar-refractivity contribution in [2.45, 2.75) is 37.8 Å². The van der Waals surface area contributed by atoms with Crippen LogP contribution < -0.4 is 4.90 Å². The maximum Gasteiger partial charge on any atom is 0.256 e. The molecule has 3 fully saturated rings. The third-order valence-corrected chi connectivity index (χ3v) is 5.88. The monoisotopic (exact) mass is 375 g/mol. The van der Waals surface area contributed by atoms with Gasteiger partial charge in [-0.25, -0.2) is 9.97 Å². The summed E-state index contributed by atoms with van der Waals surface area (Å²) in [5.74, 6) is 0.679. The molecule has 0 radical (unpaired) electrons. The Bertz CT molecular complexity index is 627. The van der Waals surface area contributed by atoms with E-state index in [1.54, 1.807) is 12.4 Å². The molecule has 0 aliphatic carbocycles. The minimum atomic E-state index is -0.194. The molecule has 1 aromatic heterocycles. The highest BCUT2D eigenvalue weighted by Crippen LogP contribution is 2.22. The van der Waals surface area contributed by atoms with E-state index in [2.05, 4.69) is 19.8 Å². The Kier molecular flexibility index (Phi) is 5.85. The third-order valence-electron chi connectivity index (χ3n) is 5.88. The first kappa shape index (κ1) is 18.6. The van der Waals surface area contributed by atoms with Crippen molar-refractivity contribution >= 4 is 11.9 Å². The summed E-state index contributed by atoms with van der Waals surface area (Å²) in [7, 11) is 0. The zero-order chi connectivity index (χ0) is 18.6. The van der Waals surface area contributed by atoms with Gasteiger partial charge in [-0.3, -0.25) is 9.69 Å². The summed E-state index contributed by atoms with van der Waals surface area (Å²) in [6.07, 6.45) is 7.00. The van der Waals surface area contributed by atoms with Crippen LogP contribution in [-0.4, -0.2) is 95.4 Å². The summed E-state index contributed by atoms with van der Waals surface area (Å²) in [5, 5.41) is 9.89. The molecule has 3 aliphatic rings. The Morgan fingerprint density at radius 1 is 1.04 bits per heavy atom. The van der Waals surface area contributed by atoms with Crippen LogP contribution in [0.25, 0.3) is 0 Å². The molecule has 1 N–H and O–H groups in total. The normalized spacial score (nSPS) is 25.6. The van der Waals surface area contributed by atoms with Crippen molar-refractivity contribution in [3.8, 4) is 0 Å². The molecule has 3 saturated heterocycles. The van der Waals surface area contributed by atoms with Crippen LogP contribution in [0.15, 0.2) is 12.4 Å². The van der Waals surface area contributed by atoms with Crippen LogP contribution in [0.4, 0.5) is 5.95 Å². The van der Waals surface area contributed by atoms with Gasteiger partial charge in [0.2, 0.25) is 5.95 Å². The Balaban J connectivity index is 1.31. The van der Waals surface area contributed by atoms with Crippen LogP contribution in [0.5, 0.6) is 0 Å². The number of carbonyl (C=O) groups excluding carboxylic acids is 1. The Hall–Kier alpha value is -1.77. The lowest BCUT2D eigenvalue weighted by Crippen LogP contribution is -2.50. The number of likely N-dealkylation sites (tertiary alicyclic amines) is 2. The first-order valence-electron chi connectivity index (χ1n) is 10.1. The number of aliphatic hydroxyl groups excluding tert-OH is 1. The highest BCUT2D eigenvalue weighted by atomic mass is 16.5. The molecule has 8 heteroatoms. The van der Waals surface area contributed by atoms with E-state index in [-0.39, 0.29) is 12.0 Å². The van der Waals surface area contributed by atoms with E-state index in [4.69, 9.17) is 4.74 Å². The molecule has 27 heavy (non-hydrogen) atoms. The molecule has 1 aromatic rings. The van der Waals surface area contributed by atoms with Crippen LogP contribution in [0.3, 0.4) is 0 Å². The van der Waals surface area contributed by atoms with E-state index in [0.717, 1.165) is 65.0 Å². The van der Waals surface area contributed by atoms with Crippen LogP contribution in [0.2, 0.25) is 0 Å². The van der Waals surface area contributed by atoms with Gasteiger partial charge in [0.05, 0.1) is 24.9 Å². The summed E-state index contributed by atoms with van der Waals surface area (Å²) in [6, 6.07) is 0.476. The number of aromatic nitrogens is 2. The van der Waals surface area contributed by atoms with Crippen molar-refractivity contribution in [1.82, 2.24) is 19.8 Å². The Labute approximate surface area is 160 Å². The molecular weight excluding hydrogens is 346 g/mol. The van der Waals surface area contributed by atoms with Crippen molar-refractivity contribution in [3.63, 3.8) is 0 Å². The second kappa shape index (κ2) is 8.50. The fourth-order valence-electron chi connectivity index (χ4n) is 4.29. The van der Waals surface area contributed by atoms with E-state index in [1.807, 2.05) is 4.90 Å². The molecule has 4 heterocycles. The highest BCUT2D eigenvalue weighted by Gasteiger charge is 2.30. The zero-order valence-corrected chi connectivity index (χ0v) is 15.8. The first-order chi connectivity index (χ1) is 13.2. The van der Waals surface area contributed by atoms with Gasteiger partial charge in [0.15, 0.2) is 0 Å². The van der Waals surface area contributed by atoms with Crippen LogP contribution in [0.1, 0.15) is 36.0 Å². The van der Waals surface area contributed by atoms with Crippen molar-refractivity contribution < 1.29 is 14.6 Å². The molecule has 0 spiro atoms. The molecule has 0 bridgehead atoms. The second-order valence-corrected chi connectivity index (χ2v) is 7.69. The summed E-state index contributed by atoms with van der Waals surface area (Å²) < 4.78 is 5.35. The molecule has 1 amide bonds. The number of rotatable bonds is 3. The number of ether oxygens (including phenoxy) is 1. The molecule has 1 unspecified atom stereocenters. The van der Waals surface area contributed by atoms with Crippen LogP contribution in [-0.2, 0) is 4.74 Å². The maximum atomic E-state index is 12.8. The Morgan fingerprint density at radius 2 is 1.74 bits per heavy atom. The predicted molar refractivity (Wildman–Crippen MR) is 101 cm³/mol. The van der Waals surface area contributed by atoms with Crippen molar-refractivity contribution in [1.29, 1.82) is 0 Å². The lowest BCUT2D eigenvalue weighted by Gasteiger charge is -2.41. The van der Waals surface area contributed by atoms with Gasteiger partial charge in [0.1, 0.15) is 0 Å². The fraction of sp³-hybridized carbons (Fsp3) is 0.737. The highest BCUT2D eigenvalue weighted by molar-refractivity contribution is 5.93. The molecule has 0 aromatic carbocycles. The number of carbonyl (C=O) groups is 1. The number of hydrogen-bond acceptors (Lipinski definition) is 7. The van der Waals surface area contributed by atoms with Crippen LogP contribution in [0, 0.1) is 0 Å². The third kappa shape index (κ3) is 4.39. The first-order valence-corrected chi connectivity index (χ1v) is 10.1. The quantitative estimate of drug-likeness (QED) is 0.818. The van der Waals surface area contributed by atoms with Crippen molar-refractivity contribution in [2.75, 3.05) is 57.4 Å². The molecule has 4 rings (SSSR count). The molecule has 3 aliphatic heterocycles. The second-order valence-electron chi connectivity index (χ2n) is 7.69. The summed E-state index contributed by atoms with van der Waals surface area (Å²) >= 11 is 0. The van der Waals surface area contributed by atoms with E-state index in [1.165, 1.54) is 0 Å². The van der Waals surface area contributed by atoms with Crippen LogP contribution >= 0.6 is 0 Å². The summed E-state index contributed by atoms with van der Waals surface area (Å²) in [5.41, 5.74) is 0.554. The number of β-amino-alcohol motifs (C(OH)–C–C–N with tert-alkyl or cyclic N) is 1. The number of morpholine rings is 1. The standard InChI is InChI=1S/C19H29N5O3/c25-17-2-1-5-24(14-17)16-3-6-22(7-4-16)18(26)15-12-20-19(21-13-15)23-8-10-27-11-9-23/h12-13,16-17,25H,1-11,14H2. The van der Waals surface area contributed by atoms with E-state index in [0.29, 0.717) is 30.8 Å². The summed E-state index contributed by atoms with van der Waals surface area (Å²) in [4.78, 5) is 27.9. The maximum absolute atomic E-state index is 12.8. The van der Waals surface area contributed by atoms with Gasteiger partial charge in [-0.15, -0.1) is 0 Å². The number of hydrogen-bond donors (Lipinski definition) is 1. The van der Waals surface area contributed by atoms with E-state index >= 15 is 0 Å². The largest absolute Gasteiger partial charge is 0.392 e. The summed E-state index contributed by atoms with van der Waals surface area (Å²) in [6.45, 7) is 6.28. The van der Waals surface area contributed by atoms with Gasteiger partial charge in [-0.2, -0.15) is 0 Å². The van der Waals surface area contributed by atoms with E-state index in [9.17, 15) is 9.90 Å². The lowest BCUT2D eigenvalue weighted by atomic mass is 9.98. The van der Waals surface area contributed by atoms with E-state index < -0.39 is 0 Å². The average Bonchev–Trinajstić information content (AvgIpc) is 2.74. The van der Waals surface area contributed by atoms with Gasteiger partial charge in [0.25, 0.3) is 5.91 Å². The zero-order valence-electron chi connectivity index (χ0n) is 15.8. The van der Waals surface area contributed by atoms with Gasteiger partial charge in [-0.1, -0.05) is 0 Å². The van der Waals surface area contributed by atoms with Gasteiger partial charge in [-0.05, 0) is 32.2 Å². The molecular formula is C19H29N5O3. The SMILES string of the molecule is O=C(c1cnc(N2CCOCC2)nc1)N1CCC(N2CCCC(O)C2)CC1. The molecule has 0 saturated carbocycles. The van der Waals surface area contributed by atoms with Crippen molar-refractivity contribution in [2.24, 2.45) is 0 Å². The number of nitrogens with zero attached hydrogens (tertiary/aromatic N) is 5. The Morgan fingerprint density at radius 3 is 2.41 bits per heavy atom. The van der Waals surface area contributed by atoms with Gasteiger partial charge >= 0.3 is 0 Å². The fourth-order valence-corrected chi connectivity index (χ4v) is 4.29. The minimum absolute atomic E-state index is 0.0145. The molecule has 148 valence electrons. The van der Waals surface area contributed by atoms with Gasteiger partial charge < -0.3 is 19.6 Å². The number of anilines is 1. The smallest absolute Gasteiger partial charge is 0.256 e. The topological polar surface area (TPSA) is 82.0 Å². The molecule has 8 nitrogen and oxygen atoms in total. The van der Waals surface area contributed by atoms with Crippen molar-refractivity contribution in [3.05, 3.63) is 18.0 Å². The van der Waals surface area contributed by atoms with Gasteiger partial charge in [0, 0.05) is 51.2 Å². The minimum Gasteiger partial charge on any atom is -0.392 e. The number of piperidine rings is 2. The lowest BCUT2D eigenvalue weighted by molar-refractivity contribution is 0.0240. The number of amides is 1. The number of aliphatic hydroxyl groups is 1.